The Morgan fingerprint density at radius 1 is 1.57 bits per heavy atom. The van der Waals surface area contributed by atoms with Gasteiger partial charge < -0.3 is 4.74 Å². The number of ether oxygens (including phenoxy) is 1. The summed E-state index contributed by atoms with van der Waals surface area (Å²) in [5, 5.41) is 10.3. The van der Waals surface area contributed by atoms with E-state index in [1.54, 1.807) is 0 Å². The Balaban J connectivity index is 2.95. The van der Waals surface area contributed by atoms with Crippen molar-refractivity contribution in [1.82, 2.24) is 0 Å². The fourth-order valence-corrected chi connectivity index (χ4v) is 0.909. The van der Waals surface area contributed by atoms with Gasteiger partial charge in [-0.2, -0.15) is 0 Å². The summed E-state index contributed by atoms with van der Waals surface area (Å²) in [6, 6.07) is 3.03. The van der Waals surface area contributed by atoms with Crippen LogP contribution >= 0.6 is 0 Å². The topological polar surface area (TPSA) is 69.4 Å². The van der Waals surface area contributed by atoms with Gasteiger partial charge in [-0.15, -0.1) is 0 Å². The molecular formula is C8H6FNO4. The molecule has 0 spiro atoms. The predicted molar refractivity (Wildman–Crippen MR) is 43.9 cm³/mol. The monoisotopic (exact) mass is 199 g/mol. The van der Waals surface area contributed by atoms with Gasteiger partial charge in [-0.1, -0.05) is 0 Å². The third-order valence-corrected chi connectivity index (χ3v) is 1.55. The molecule has 0 saturated heterocycles. The third kappa shape index (κ3) is 2.25. The van der Waals surface area contributed by atoms with Gasteiger partial charge in [0.05, 0.1) is 4.92 Å². The molecule has 0 heterocycles. The molecule has 0 aliphatic carbocycles. The first-order chi connectivity index (χ1) is 6.65. The molecular weight excluding hydrogens is 193 g/mol. The Hall–Kier alpha value is -1.98. The summed E-state index contributed by atoms with van der Waals surface area (Å²) < 4.78 is 17.2. The van der Waals surface area contributed by atoms with Gasteiger partial charge in [-0.25, -0.2) is 4.39 Å². The number of hydrogen-bond acceptors (Lipinski definition) is 4. The molecule has 1 aromatic rings. The number of benzene rings is 1. The minimum atomic E-state index is -0.649. The van der Waals surface area contributed by atoms with Crippen molar-refractivity contribution in [3.63, 3.8) is 0 Å². The standard InChI is InChI=1S/C8H6FNO4/c9-8-2-1-7(10(12)13)3-6(8)4-14-5-11/h1-3,5H,4H2. The number of nitrogens with zero attached hydrogens (tertiary/aromatic N) is 1. The Morgan fingerprint density at radius 3 is 2.86 bits per heavy atom. The first-order valence-electron chi connectivity index (χ1n) is 3.63. The Morgan fingerprint density at radius 2 is 2.29 bits per heavy atom. The second-order valence-electron chi connectivity index (χ2n) is 2.44. The van der Waals surface area contributed by atoms with E-state index in [4.69, 9.17) is 0 Å². The van der Waals surface area contributed by atoms with Crippen molar-refractivity contribution in [3.05, 3.63) is 39.7 Å². The molecule has 0 saturated carbocycles. The summed E-state index contributed by atoms with van der Waals surface area (Å²) in [4.78, 5) is 19.5. The first-order valence-corrected chi connectivity index (χ1v) is 3.63. The molecule has 74 valence electrons. The smallest absolute Gasteiger partial charge is 0.293 e. The molecule has 0 unspecified atom stereocenters. The van der Waals surface area contributed by atoms with E-state index in [0.29, 0.717) is 0 Å². The molecule has 5 nitrogen and oxygen atoms in total. The Bertz CT molecular complexity index is 366. The van der Waals surface area contributed by atoms with Crippen LogP contribution in [0.3, 0.4) is 0 Å². The van der Waals surface area contributed by atoms with Crippen LogP contribution in [0.15, 0.2) is 18.2 Å². The number of non-ortho nitro benzene ring substituents is 1. The van der Waals surface area contributed by atoms with E-state index in [-0.39, 0.29) is 24.3 Å². The highest BCUT2D eigenvalue weighted by molar-refractivity contribution is 5.39. The lowest BCUT2D eigenvalue weighted by Gasteiger charge is -2.00. The van der Waals surface area contributed by atoms with Gasteiger partial charge in [0.1, 0.15) is 12.4 Å². The average Bonchev–Trinajstić information content (AvgIpc) is 2.16. The molecule has 1 rings (SSSR count). The normalized spacial score (nSPS) is 9.50. The summed E-state index contributed by atoms with van der Waals surface area (Å²) in [5.74, 6) is -0.641. The fourth-order valence-electron chi connectivity index (χ4n) is 0.909. The van der Waals surface area contributed by atoms with Crippen molar-refractivity contribution in [2.45, 2.75) is 6.61 Å². The molecule has 0 aromatic heterocycles. The van der Waals surface area contributed by atoms with Crippen LogP contribution in [0.5, 0.6) is 0 Å². The number of halogens is 1. The summed E-state index contributed by atoms with van der Waals surface area (Å²) in [7, 11) is 0. The zero-order valence-corrected chi connectivity index (χ0v) is 6.97. The Labute approximate surface area is 78.3 Å². The second-order valence-corrected chi connectivity index (χ2v) is 2.44. The van der Waals surface area contributed by atoms with Crippen LogP contribution in [0.1, 0.15) is 5.56 Å². The van der Waals surface area contributed by atoms with Crippen molar-refractivity contribution in [2.75, 3.05) is 0 Å². The minimum absolute atomic E-state index is 0.0219. The fraction of sp³-hybridized carbons (Fsp3) is 0.125. The maximum absolute atomic E-state index is 12.9. The highest BCUT2D eigenvalue weighted by Crippen LogP contribution is 2.17. The molecule has 0 amide bonds. The van der Waals surface area contributed by atoms with Crippen molar-refractivity contribution < 1.29 is 18.8 Å². The van der Waals surface area contributed by atoms with E-state index in [1.807, 2.05) is 0 Å². The van der Waals surface area contributed by atoms with Gasteiger partial charge in [0, 0.05) is 17.7 Å². The predicted octanol–water partition coefficient (Wildman–Crippen LogP) is 1.41. The summed E-state index contributed by atoms with van der Waals surface area (Å²) >= 11 is 0. The van der Waals surface area contributed by atoms with Crippen LogP contribution in [0.25, 0.3) is 0 Å². The largest absolute Gasteiger partial charge is 0.463 e. The maximum atomic E-state index is 12.9. The van der Waals surface area contributed by atoms with Crippen LogP contribution in [0, 0.1) is 15.9 Å². The summed E-state index contributed by atoms with van der Waals surface area (Å²) in [6.07, 6.45) is 0. The average molecular weight is 199 g/mol. The zero-order chi connectivity index (χ0) is 10.6. The summed E-state index contributed by atoms with van der Waals surface area (Å²) in [5.41, 5.74) is -0.262. The lowest BCUT2D eigenvalue weighted by Crippen LogP contribution is -1.96. The van der Waals surface area contributed by atoms with Gasteiger partial charge in [0.25, 0.3) is 12.2 Å². The maximum Gasteiger partial charge on any atom is 0.293 e. The molecule has 0 fully saturated rings. The molecule has 0 radical (unpaired) electrons. The van der Waals surface area contributed by atoms with Crippen LogP contribution in [0.4, 0.5) is 10.1 Å². The molecule has 0 atom stereocenters. The number of nitro benzene ring substituents is 1. The van der Waals surface area contributed by atoms with E-state index in [0.717, 1.165) is 18.2 Å². The van der Waals surface area contributed by atoms with Gasteiger partial charge in [0.2, 0.25) is 0 Å². The number of nitro groups is 1. The van der Waals surface area contributed by atoms with Gasteiger partial charge >= 0.3 is 0 Å². The van der Waals surface area contributed by atoms with E-state index in [9.17, 15) is 19.3 Å². The molecule has 0 aliphatic rings. The molecule has 1 aromatic carbocycles. The quantitative estimate of drug-likeness (QED) is 0.417. The molecule has 0 bridgehead atoms. The molecule has 6 heteroatoms. The van der Waals surface area contributed by atoms with Crippen LogP contribution in [-0.2, 0) is 16.1 Å². The SMILES string of the molecule is O=COCc1cc([N+](=O)[O-])ccc1F. The van der Waals surface area contributed by atoms with E-state index >= 15 is 0 Å². The molecule has 14 heavy (non-hydrogen) atoms. The third-order valence-electron chi connectivity index (χ3n) is 1.55. The van der Waals surface area contributed by atoms with Crippen molar-refractivity contribution in [2.24, 2.45) is 0 Å². The van der Waals surface area contributed by atoms with E-state index in [1.165, 1.54) is 0 Å². The first kappa shape index (κ1) is 10.1. The van der Waals surface area contributed by atoms with Crippen molar-refractivity contribution >= 4 is 12.2 Å². The lowest BCUT2D eigenvalue weighted by molar-refractivity contribution is -0.385. The highest BCUT2D eigenvalue weighted by Gasteiger charge is 2.10. The molecule has 0 N–H and O–H groups in total. The van der Waals surface area contributed by atoms with Crippen LogP contribution < -0.4 is 0 Å². The van der Waals surface area contributed by atoms with Crippen molar-refractivity contribution in [1.29, 1.82) is 0 Å². The van der Waals surface area contributed by atoms with Gasteiger partial charge in [0.15, 0.2) is 0 Å². The number of carbonyl (C=O) groups is 1. The van der Waals surface area contributed by atoms with Crippen molar-refractivity contribution in [3.8, 4) is 0 Å². The van der Waals surface area contributed by atoms with Gasteiger partial charge in [-0.3, -0.25) is 14.9 Å². The van der Waals surface area contributed by atoms with Gasteiger partial charge in [-0.05, 0) is 6.07 Å². The van der Waals surface area contributed by atoms with E-state index in [2.05, 4.69) is 4.74 Å². The summed E-state index contributed by atoms with van der Waals surface area (Å²) in [6.45, 7) is -0.157. The number of carbonyl (C=O) groups excluding carboxylic acids is 1. The van der Waals surface area contributed by atoms with E-state index < -0.39 is 10.7 Å². The number of rotatable bonds is 4. The highest BCUT2D eigenvalue weighted by atomic mass is 19.1. The Kier molecular flexibility index (Phi) is 3.11. The lowest BCUT2D eigenvalue weighted by atomic mass is 10.2. The van der Waals surface area contributed by atoms with Crippen LogP contribution in [-0.4, -0.2) is 11.4 Å². The number of hydrogen-bond donors (Lipinski definition) is 0. The van der Waals surface area contributed by atoms with Crippen LogP contribution in [0.2, 0.25) is 0 Å². The second kappa shape index (κ2) is 4.31. The minimum Gasteiger partial charge on any atom is -0.463 e. The molecule has 0 aliphatic heterocycles. The zero-order valence-electron chi connectivity index (χ0n) is 6.97.